The topological polar surface area (TPSA) is 47.1 Å². The molecule has 4 nitrogen and oxygen atoms in total. The zero-order valence-electron chi connectivity index (χ0n) is 13.7. The highest BCUT2D eigenvalue weighted by Crippen LogP contribution is 2.46. The van der Waals surface area contributed by atoms with E-state index in [1.807, 2.05) is 17.9 Å². The third-order valence-electron chi connectivity index (χ3n) is 4.80. The number of hydrogen-bond donors (Lipinski definition) is 1. The summed E-state index contributed by atoms with van der Waals surface area (Å²) in [6, 6.07) is 0. The average Bonchev–Trinajstić information content (AvgIpc) is 2.71. The van der Waals surface area contributed by atoms with E-state index in [4.69, 9.17) is 5.73 Å². The van der Waals surface area contributed by atoms with Crippen LogP contribution in [0.4, 0.5) is 0 Å². The van der Waals surface area contributed by atoms with Gasteiger partial charge >= 0.3 is 0 Å². The first kappa shape index (κ1) is 15.5. The maximum absolute atomic E-state index is 6.22. The number of nitrogens with two attached hydrogens (primary N) is 1. The monoisotopic (exact) mass is 278 g/mol. The molecule has 2 unspecified atom stereocenters. The van der Waals surface area contributed by atoms with Gasteiger partial charge in [0, 0.05) is 37.4 Å². The molecule has 2 rings (SSSR count). The lowest BCUT2D eigenvalue weighted by Crippen LogP contribution is -2.57. The van der Waals surface area contributed by atoms with Gasteiger partial charge < -0.3 is 5.73 Å². The first-order valence-corrected chi connectivity index (χ1v) is 7.65. The summed E-state index contributed by atoms with van der Waals surface area (Å²) in [7, 11) is 4.18. The van der Waals surface area contributed by atoms with Gasteiger partial charge in [-0.05, 0) is 37.6 Å². The Hall–Kier alpha value is -0.870. The Labute approximate surface area is 123 Å². The summed E-state index contributed by atoms with van der Waals surface area (Å²) in [5, 5.41) is 4.27. The highest BCUT2D eigenvalue weighted by Gasteiger charge is 2.44. The minimum Gasteiger partial charge on any atom is -0.329 e. The molecule has 1 aromatic heterocycles. The molecule has 1 aliphatic carbocycles. The zero-order chi connectivity index (χ0) is 15.0. The van der Waals surface area contributed by atoms with Crippen molar-refractivity contribution in [2.24, 2.45) is 24.1 Å². The summed E-state index contributed by atoms with van der Waals surface area (Å²) in [5.41, 5.74) is 7.98. The Bertz CT molecular complexity index is 451. The molecule has 1 saturated carbocycles. The van der Waals surface area contributed by atoms with Crippen molar-refractivity contribution in [3.05, 3.63) is 18.0 Å². The first-order chi connectivity index (χ1) is 9.26. The van der Waals surface area contributed by atoms with E-state index in [0.29, 0.717) is 5.41 Å². The lowest BCUT2D eigenvalue weighted by atomic mass is 9.63. The van der Waals surface area contributed by atoms with Crippen LogP contribution >= 0.6 is 0 Å². The standard InChI is InChI=1S/C16H30N4/c1-13-6-15(2,3)11-16(7-13,12-17)19(4)9-14-8-18-20(5)10-14/h8,10,13H,6-7,9,11-12,17H2,1-5H3. The molecule has 2 N–H and O–H groups in total. The van der Waals surface area contributed by atoms with E-state index in [-0.39, 0.29) is 5.54 Å². The van der Waals surface area contributed by atoms with Crippen LogP contribution in [0.1, 0.15) is 45.6 Å². The van der Waals surface area contributed by atoms with E-state index in [0.717, 1.165) is 19.0 Å². The van der Waals surface area contributed by atoms with Gasteiger partial charge in [-0.1, -0.05) is 20.8 Å². The third kappa shape index (κ3) is 3.23. The minimum absolute atomic E-state index is 0.122. The molecule has 0 spiro atoms. The molecule has 4 heteroatoms. The van der Waals surface area contributed by atoms with Crippen LogP contribution in [0.5, 0.6) is 0 Å². The molecule has 1 aromatic rings. The second-order valence-electron chi connectivity index (χ2n) is 7.66. The molecular formula is C16H30N4. The SMILES string of the molecule is CC1CC(C)(C)CC(CN)(N(C)Cc2cnn(C)c2)C1. The van der Waals surface area contributed by atoms with Crippen molar-refractivity contribution in [2.45, 2.75) is 52.1 Å². The number of hydrogen-bond acceptors (Lipinski definition) is 3. The third-order valence-corrected chi connectivity index (χ3v) is 4.80. The van der Waals surface area contributed by atoms with E-state index in [1.165, 1.54) is 24.8 Å². The van der Waals surface area contributed by atoms with E-state index in [9.17, 15) is 0 Å². The van der Waals surface area contributed by atoms with Crippen LogP contribution in [0, 0.1) is 11.3 Å². The Morgan fingerprint density at radius 1 is 1.45 bits per heavy atom. The normalized spacial score (nSPS) is 29.9. The fourth-order valence-electron chi connectivity index (χ4n) is 4.30. The van der Waals surface area contributed by atoms with Gasteiger partial charge in [-0.3, -0.25) is 9.58 Å². The summed E-state index contributed by atoms with van der Waals surface area (Å²) in [5.74, 6) is 0.735. The Morgan fingerprint density at radius 2 is 2.15 bits per heavy atom. The lowest BCUT2D eigenvalue weighted by Gasteiger charge is -2.52. The number of aryl methyl sites for hydroxylation is 1. The van der Waals surface area contributed by atoms with Gasteiger partial charge in [0.15, 0.2) is 0 Å². The molecule has 114 valence electrons. The predicted molar refractivity (Wildman–Crippen MR) is 83.3 cm³/mol. The van der Waals surface area contributed by atoms with Gasteiger partial charge in [0.1, 0.15) is 0 Å². The molecule has 2 atom stereocenters. The highest BCUT2D eigenvalue weighted by atomic mass is 15.3. The summed E-state index contributed by atoms with van der Waals surface area (Å²) < 4.78 is 1.87. The molecule has 1 heterocycles. The number of nitrogens with zero attached hydrogens (tertiary/aromatic N) is 3. The van der Waals surface area contributed by atoms with Crippen molar-refractivity contribution >= 4 is 0 Å². The Balaban J connectivity index is 2.16. The van der Waals surface area contributed by atoms with Gasteiger partial charge in [0.05, 0.1) is 6.20 Å². The Kier molecular flexibility index (Phi) is 4.26. The van der Waals surface area contributed by atoms with Crippen LogP contribution < -0.4 is 5.73 Å². The molecule has 1 aliphatic rings. The van der Waals surface area contributed by atoms with Crippen molar-refractivity contribution in [1.82, 2.24) is 14.7 Å². The van der Waals surface area contributed by atoms with Gasteiger partial charge in [0.25, 0.3) is 0 Å². The fraction of sp³-hybridized carbons (Fsp3) is 0.812. The molecule has 0 bridgehead atoms. The summed E-state index contributed by atoms with van der Waals surface area (Å²) in [6.45, 7) is 8.78. The average molecular weight is 278 g/mol. The number of likely N-dealkylation sites (N-methyl/N-ethyl adjacent to an activating group) is 1. The second kappa shape index (κ2) is 5.49. The van der Waals surface area contributed by atoms with Gasteiger partial charge in [-0.2, -0.15) is 5.10 Å². The van der Waals surface area contributed by atoms with Crippen LogP contribution in [0.25, 0.3) is 0 Å². The quantitative estimate of drug-likeness (QED) is 0.920. The molecule has 0 amide bonds. The number of rotatable bonds is 4. The zero-order valence-corrected chi connectivity index (χ0v) is 13.7. The minimum atomic E-state index is 0.122. The second-order valence-corrected chi connectivity index (χ2v) is 7.66. The fourth-order valence-corrected chi connectivity index (χ4v) is 4.30. The molecule has 0 saturated heterocycles. The molecule has 0 aliphatic heterocycles. The van der Waals surface area contributed by atoms with Crippen molar-refractivity contribution in [2.75, 3.05) is 13.6 Å². The van der Waals surface area contributed by atoms with E-state index >= 15 is 0 Å². The van der Waals surface area contributed by atoms with E-state index < -0.39 is 0 Å². The first-order valence-electron chi connectivity index (χ1n) is 7.65. The summed E-state index contributed by atoms with van der Waals surface area (Å²) >= 11 is 0. The van der Waals surface area contributed by atoms with Gasteiger partial charge in [0.2, 0.25) is 0 Å². The highest BCUT2D eigenvalue weighted by molar-refractivity contribution is 5.07. The van der Waals surface area contributed by atoms with Crippen LogP contribution in [-0.4, -0.2) is 33.8 Å². The van der Waals surface area contributed by atoms with Crippen molar-refractivity contribution < 1.29 is 0 Å². The molecule has 20 heavy (non-hydrogen) atoms. The smallest absolute Gasteiger partial charge is 0.0534 e. The van der Waals surface area contributed by atoms with Crippen LogP contribution in [-0.2, 0) is 13.6 Å². The molecule has 0 radical (unpaired) electrons. The van der Waals surface area contributed by atoms with Crippen LogP contribution in [0.15, 0.2) is 12.4 Å². The van der Waals surface area contributed by atoms with E-state index in [2.05, 4.69) is 44.0 Å². The molecule has 1 fully saturated rings. The van der Waals surface area contributed by atoms with Gasteiger partial charge in [-0.25, -0.2) is 0 Å². The van der Waals surface area contributed by atoms with Crippen LogP contribution in [0.2, 0.25) is 0 Å². The summed E-state index contributed by atoms with van der Waals surface area (Å²) in [4.78, 5) is 2.46. The maximum atomic E-state index is 6.22. The summed E-state index contributed by atoms with van der Waals surface area (Å²) in [6.07, 6.45) is 7.73. The Morgan fingerprint density at radius 3 is 2.65 bits per heavy atom. The van der Waals surface area contributed by atoms with Crippen LogP contribution in [0.3, 0.4) is 0 Å². The number of aromatic nitrogens is 2. The van der Waals surface area contributed by atoms with Gasteiger partial charge in [-0.15, -0.1) is 0 Å². The lowest BCUT2D eigenvalue weighted by molar-refractivity contribution is -0.00114. The van der Waals surface area contributed by atoms with Crippen molar-refractivity contribution in [3.8, 4) is 0 Å². The van der Waals surface area contributed by atoms with Crippen molar-refractivity contribution in [1.29, 1.82) is 0 Å². The molecule has 0 aromatic carbocycles. The maximum Gasteiger partial charge on any atom is 0.0534 e. The largest absolute Gasteiger partial charge is 0.329 e. The van der Waals surface area contributed by atoms with E-state index in [1.54, 1.807) is 0 Å². The van der Waals surface area contributed by atoms with Crippen molar-refractivity contribution in [3.63, 3.8) is 0 Å². The predicted octanol–water partition coefficient (Wildman–Crippen LogP) is 2.40. The molecular weight excluding hydrogens is 248 g/mol.